The van der Waals surface area contributed by atoms with E-state index in [-0.39, 0.29) is 3.70 Å². The highest BCUT2D eigenvalue weighted by Crippen LogP contribution is 2.23. The molecule has 0 aliphatic carbocycles. The number of halogens is 4. The maximum Gasteiger partial charge on any atom is 0.337 e. The second kappa shape index (κ2) is 4.11. The molecular weight excluding hydrogens is 314 g/mol. The molecule has 0 spiro atoms. The molecule has 0 atom stereocenters. The van der Waals surface area contributed by atoms with Crippen LogP contribution in [-0.2, 0) is 0 Å². The fraction of sp³-hybridized carbons (Fsp3) is 0.143. The quantitative estimate of drug-likeness (QED) is 0.673. The Labute approximate surface area is 90.1 Å². The van der Waals surface area contributed by atoms with Gasteiger partial charge < -0.3 is 5.11 Å². The van der Waals surface area contributed by atoms with Gasteiger partial charge in [0.05, 0.1) is 5.56 Å². The van der Waals surface area contributed by atoms with Gasteiger partial charge in [0.1, 0.15) is 9.39 Å². The third-order valence-electron chi connectivity index (χ3n) is 1.40. The summed E-state index contributed by atoms with van der Waals surface area (Å²) in [6, 6.07) is 0.540. The SMILES string of the molecule is O=C(O)c1cc(F)c(I)nc1C(F)F. The standard InChI is InChI=1S/C7H3F3INO2/c8-3-1-2(7(13)14)4(5(9)10)12-6(3)11/h1,5H,(H,13,14). The second-order valence-electron chi connectivity index (χ2n) is 2.30. The third kappa shape index (κ3) is 2.14. The number of alkyl halides is 2. The molecule has 1 aromatic rings. The summed E-state index contributed by atoms with van der Waals surface area (Å²) in [5.41, 5.74) is -1.72. The summed E-state index contributed by atoms with van der Waals surface area (Å²) in [5.74, 6) is -2.55. The van der Waals surface area contributed by atoms with Crippen LogP contribution >= 0.6 is 22.6 Å². The van der Waals surface area contributed by atoms with Crippen LogP contribution in [0.15, 0.2) is 6.07 Å². The van der Waals surface area contributed by atoms with Gasteiger partial charge in [-0.1, -0.05) is 0 Å². The molecule has 0 fully saturated rings. The second-order valence-corrected chi connectivity index (χ2v) is 3.32. The Kier molecular flexibility index (Phi) is 3.29. The van der Waals surface area contributed by atoms with Gasteiger partial charge in [-0.3, -0.25) is 0 Å². The molecule has 76 valence electrons. The molecule has 0 saturated heterocycles. The van der Waals surface area contributed by atoms with Gasteiger partial charge in [-0.05, 0) is 28.7 Å². The molecule has 1 rings (SSSR count). The molecule has 0 aromatic carbocycles. The summed E-state index contributed by atoms with van der Waals surface area (Å²) in [6.07, 6.45) is -3.03. The smallest absolute Gasteiger partial charge is 0.337 e. The van der Waals surface area contributed by atoms with E-state index in [0.29, 0.717) is 6.07 Å². The molecule has 0 amide bonds. The van der Waals surface area contributed by atoms with Crippen molar-refractivity contribution in [1.29, 1.82) is 0 Å². The predicted molar refractivity (Wildman–Crippen MR) is 48.8 cm³/mol. The minimum atomic E-state index is -3.03. The van der Waals surface area contributed by atoms with Crippen molar-refractivity contribution in [1.82, 2.24) is 4.98 Å². The monoisotopic (exact) mass is 317 g/mol. The molecule has 0 aliphatic rings. The van der Waals surface area contributed by atoms with Crippen LogP contribution in [0.5, 0.6) is 0 Å². The highest BCUT2D eigenvalue weighted by atomic mass is 127. The Balaban J connectivity index is 3.39. The molecule has 0 radical (unpaired) electrons. The van der Waals surface area contributed by atoms with Crippen molar-refractivity contribution >= 4 is 28.6 Å². The molecule has 1 heterocycles. The van der Waals surface area contributed by atoms with Crippen LogP contribution in [0.1, 0.15) is 22.5 Å². The zero-order valence-corrected chi connectivity index (χ0v) is 8.63. The Morgan fingerprint density at radius 3 is 2.57 bits per heavy atom. The molecule has 1 aromatic heterocycles. The van der Waals surface area contributed by atoms with Crippen LogP contribution in [0.4, 0.5) is 13.2 Å². The van der Waals surface area contributed by atoms with Crippen LogP contribution in [0, 0.1) is 9.52 Å². The van der Waals surface area contributed by atoms with Gasteiger partial charge in [-0.15, -0.1) is 0 Å². The summed E-state index contributed by atoms with van der Waals surface area (Å²) >= 11 is 1.41. The van der Waals surface area contributed by atoms with Gasteiger partial charge in [0.2, 0.25) is 0 Å². The highest BCUT2D eigenvalue weighted by Gasteiger charge is 2.22. The van der Waals surface area contributed by atoms with Crippen molar-refractivity contribution in [3.05, 3.63) is 26.8 Å². The van der Waals surface area contributed by atoms with E-state index in [2.05, 4.69) is 4.98 Å². The van der Waals surface area contributed by atoms with E-state index in [4.69, 9.17) is 5.11 Å². The molecule has 0 bridgehead atoms. The summed E-state index contributed by atoms with van der Waals surface area (Å²) in [6.45, 7) is 0. The number of carboxylic acid groups (broad SMARTS) is 1. The Morgan fingerprint density at radius 2 is 2.14 bits per heavy atom. The average molecular weight is 317 g/mol. The van der Waals surface area contributed by atoms with Crippen LogP contribution in [0.2, 0.25) is 0 Å². The van der Waals surface area contributed by atoms with E-state index in [9.17, 15) is 18.0 Å². The predicted octanol–water partition coefficient (Wildman–Crippen LogP) is 2.46. The summed E-state index contributed by atoms with van der Waals surface area (Å²) in [7, 11) is 0. The number of pyridine rings is 1. The largest absolute Gasteiger partial charge is 0.478 e. The van der Waals surface area contributed by atoms with Crippen molar-refractivity contribution in [2.45, 2.75) is 6.43 Å². The van der Waals surface area contributed by atoms with Crippen molar-refractivity contribution in [3.63, 3.8) is 0 Å². The lowest BCUT2D eigenvalue weighted by molar-refractivity contribution is 0.0681. The first-order valence-electron chi connectivity index (χ1n) is 3.31. The minimum absolute atomic E-state index is 0.275. The van der Waals surface area contributed by atoms with Crippen molar-refractivity contribution in [2.75, 3.05) is 0 Å². The summed E-state index contributed by atoms with van der Waals surface area (Å²) in [4.78, 5) is 13.6. The van der Waals surface area contributed by atoms with E-state index in [1.54, 1.807) is 0 Å². The average Bonchev–Trinajstić information content (AvgIpc) is 2.08. The molecule has 0 aliphatic heterocycles. The molecular formula is C7H3F3INO2. The summed E-state index contributed by atoms with van der Waals surface area (Å²) in [5, 5.41) is 8.49. The zero-order valence-electron chi connectivity index (χ0n) is 6.47. The van der Waals surface area contributed by atoms with Gasteiger partial charge in [0, 0.05) is 0 Å². The number of hydrogen-bond acceptors (Lipinski definition) is 2. The highest BCUT2D eigenvalue weighted by molar-refractivity contribution is 14.1. The topological polar surface area (TPSA) is 50.2 Å². The Morgan fingerprint density at radius 1 is 1.57 bits per heavy atom. The number of rotatable bonds is 2. The number of carbonyl (C=O) groups is 1. The molecule has 0 saturated carbocycles. The van der Waals surface area contributed by atoms with Crippen molar-refractivity contribution in [2.24, 2.45) is 0 Å². The Bertz CT molecular complexity index is 383. The molecule has 1 N–H and O–H groups in total. The molecule has 0 unspecified atom stereocenters. The molecule has 14 heavy (non-hydrogen) atoms. The number of hydrogen-bond donors (Lipinski definition) is 1. The van der Waals surface area contributed by atoms with Gasteiger partial charge >= 0.3 is 5.97 Å². The fourth-order valence-corrected chi connectivity index (χ4v) is 1.23. The van der Waals surface area contributed by atoms with E-state index < -0.39 is 29.5 Å². The first kappa shape index (κ1) is 11.2. The summed E-state index contributed by atoms with van der Waals surface area (Å²) < 4.78 is 37.0. The first-order valence-corrected chi connectivity index (χ1v) is 4.38. The maximum atomic E-state index is 12.8. The lowest BCUT2D eigenvalue weighted by atomic mass is 10.2. The van der Waals surface area contributed by atoms with Crippen LogP contribution in [0.3, 0.4) is 0 Å². The van der Waals surface area contributed by atoms with E-state index in [1.165, 1.54) is 22.6 Å². The van der Waals surface area contributed by atoms with Crippen molar-refractivity contribution in [3.8, 4) is 0 Å². The van der Waals surface area contributed by atoms with E-state index >= 15 is 0 Å². The molecule has 3 nitrogen and oxygen atoms in total. The van der Waals surface area contributed by atoms with Gasteiger partial charge in [0.25, 0.3) is 6.43 Å². The number of nitrogens with zero attached hydrogens (tertiary/aromatic N) is 1. The van der Waals surface area contributed by atoms with Crippen LogP contribution < -0.4 is 0 Å². The number of aromatic nitrogens is 1. The fourth-order valence-electron chi connectivity index (χ4n) is 0.817. The van der Waals surface area contributed by atoms with E-state index in [1.807, 2.05) is 0 Å². The lowest BCUT2D eigenvalue weighted by Gasteiger charge is -2.04. The Hall–Kier alpha value is -0.860. The number of carboxylic acids is 1. The van der Waals surface area contributed by atoms with Gasteiger partial charge in [-0.2, -0.15) is 0 Å². The lowest BCUT2D eigenvalue weighted by Crippen LogP contribution is -2.08. The number of aromatic carboxylic acids is 1. The van der Waals surface area contributed by atoms with E-state index in [0.717, 1.165) is 0 Å². The first-order chi connectivity index (χ1) is 6.43. The maximum absolute atomic E-state index is 12.8. The minimum Gasteiger partial charge on any atom is -0.478 e. The molecule has 7 heteroatoms. The van der Waals surface area contributed by atoms with Crippen LogP contribution in [-0.4, -0.2) is 16.1 Å². The van der Waals surface area contributed by atoms with Crippen LogP contribution in [0.25, 0.3) is 0 Å². The zero-order chi connectivity index (χ0) is 10.9. The van der Waals surface area contributed by atoms with Crippen molar-refractivity contribution < 1.29 is 23.1 Å². The third-order valence-corrected chi connectivity index (χ3v) is 2.16. The van der Waals surface area contributed by atoms with Gasteiger partial charge in [-0.25, -0.2) is 22.9 Å². The normalized spacial score (nSPS) is 10.6. The van der Waals surface area contributed by atoms with Gasteiger partial charge in [0.15, 0.2) is 5.82 Å².